The maximum atomic E-state index is 13.3. The van der Waals surface area contributed by atoms with E-state index in [1.54, 1.807) is 42.5 Å². The number of nitrogens with zero attached hydrogens (tertiary/aromatic N) is 1. The molecule has 0 radical (unpaired) electrons. The Hall–Kier alpha value is -3.32. The van der Waals surface area contributed by atoms with Crippen molar-refractivity contribution in [1.82, 2.24) is 4.90 Å². The fraction of sp³-hybridized carbons (Fsp3) is 0.304. The molecule has 7 nitrogen and oxygen atoms in total. The summed E-state index contributed by atoms with van der Waals surface area (Å²) in [5.74, 6) is 0.724. The summed E-state index contributed by atoms with van der Waals surface area (Å²) in [4.78, 5) is 27.9. The lowest BCUT2D eigenvalue weighted by atomic mass is 9.98. The first-order valence-electron chi connectivity index (χ1n) is 9.97. The van der Waals surface area contributed by atoms with Gasteiger partial charge >= 0.3 is 0 Å². The van der Waals surface area contributed by atoms with E-state index >= 15 is 0 Å². The van der Waals surface area contributed by atoms with Crippen LogP contribution in [0.3, 0.4) is 0 Å². The Morgan fingerprint density at radius 1 is 1.03 bits per heavy atom. The molecule has 2 heterocycles. The number of β-amino-alcohol motifs (C(OH)–C–C–N with tert-alkyl or cyclic N) is 1. The van der Waals surface area contributed by atoms with Crippen molar-refractivity contribution in [3.8, 4) is 11.5 Å². The second-order valence-corrected chi connectivity index (χ2v) is 6.87. The Morgan fingerprint density at radius 3 is 2.50 bits per heavy atom. The highest BCUT2D eigenvalue weighted by atomic mass is 16.5. The summed E-state index contributed by atoms with van der Waals surface area (Å²) in [7, 11) is 0. The highest BCUT2D eigenvalue weighted by Gasteiger charge is 2.42. The fourth-order valence-electron chi connectivity index (χ4n) is 3.89. The van der Waals surface area contributed by atoms with E-state index in [9.17, 15) is 14.7 Å². The summed E-state index contributed by atoms with van der Waals surface area (Å²) in [6, 6.07) is 11.5. The van der Waals surface area contributed by atoms with Crippen LogP contribution >= 0.6 is 0 Å². The average Bonchev–Trinajstić information content (AvgIpc) is 3.02. The van der Waals surface area contributed by atoms with Crippen molar-refractivity contribution in [2.24, 2.45) is 0 Å². The summed E-state index contributed by atoms with van der Waals surface area (Å²) in [5.41, 5.74) is 1.07. The minimum absolute atomic E-state index is 0.0176. The molecule has 0 spiro atoms. The number of hydrogen-bond donors (Lipinski definition) is 1. The van der Waals surface area contributed by atoms with Crippen LogP contribution in [0.4, 0.5) is 0 Å². The van der Waals surface area contributed by atoms with Crippen LogP contribution in [0.15, 0.2) is 51.7 Å². The molecule has 0 saturated heterocycles. The van der Waals surface area contributed by atoms with E-state index in [0.29, 0.717) is 41.2 Å². The van der Waals surface area contributed by atoms with E-state index in [-0.39, 0.29) is 29.9 Å². The van der Waals surface area contributed by atoms with Crippen LogP contribution in [-0.2, 0) is 0 Å². The second kappa shape index (κ2) is 8.20. The van der Waals surface area contributed by atoms with Crippen molar-refractivity contribution in [2.75, 3.05) is 26.4 Å². The van der Waals surface area contributed by atoms with Gasteiger partial charge in [-0.25, -0.2) is 0 Å². The molecule has 7 heteroatoms. The molecule has 1 aromatic heterocycles. The van der Waals surface area contributed by atoms with Gasteiger partial charge < -0.3 is 23.9 Å². The van der Waals surface area contributed by atoms with E-state index in [0.717, 1.165) is 0 Å². The van der Waals surface area contributed by atoms with Crippen molar-refractivity contribution in [3.05, 3.63) is 69.6 Å². The van der Waals surface area contributed by atoms with Crippen LogP contribution in [0.5, 0.6) is 11.5 Å². The third-order valence-electron chi connectivity index (χ3n) is 5.10. The molecule has 4 rings (SSSR count). The number of carbonyl (C=O) groups excluding carboxylic acids is 1. The number of amides is 1. The van der Waals surface area contributed by atoms with Crippen LogP contribution in [0.1, 0.15) is 41.6 Å². The average molecular weight is 409 g/mol. The molecule has 2 aromatic carbocycles. The quantitative estimate of drug-likeness (QED) is 0.645. The number of benzene rings is 2. The fourth-order valence-corrected chi connectivity index (χ4v) is 3.89. The standard InChI is InChI=1S/C23H23NO6/c1-3-28-17-10-9-14(13-18(17)29-4-2)20-19-21(26)15-7-5-6-8-16(15)30-22(19)23(27)24(20)11-12-25/h5-10,13,20,25H,3-4,11-12H2,1-2H3. The number of para-hydroxylation sites is 1. The molecule has 1 N–H and O–H groups in total. The summed E-state index contributed by atoms with van der Waals surface area (Å²) >= 11 is 0. The molecular weight excluding hydrogens is 386 g/mol. The summed E-state index contributed by atoms with van der Waals surface area (Å²) < 4.78 is 17.2. The molecule has 156 valence electrons. The van der Waals surface area contributed by atoms with Crippen molar-refractivity contribution in [3.63, 3.8) is 0 Å². The molecule has 0 fully saturated rings. The van der Waals surface area contributed by atoms with Crippen LogP contribution < -0.4 is 14.9 Å². The minimum atomic E-state index is -0.685. The minimum Gasteiger partial charge on any atom is -0.490 e. The van der Waals surface area contributed by atoms with Crippen LogP contribution in [0, 0.1) is 0 Å². The highest BCUT2D eigenvalue weighted by molar-refractivity contribution is 5.99. The first-order valence-corrected chi connectivity index (χ1v) is 9.97. The molecule has 1 unspecified atom stereocenters. The van der Waals surface area contributed by atoms with Crippen LogP contribution in [-0.4, -0.2) is 42.3 Å². The number of aliphatic hydroxyl groups is 1. The number of aliphatic hydroxyl groups excluding tert-OH is 1. The molecule has 0 aliphatic carbocycles. The van der Waals surface area contributed by atoms with Gasteiger partial charge in [0, 0.05) is 6.54 Å². The third-order valence-corrected chi connectivity index (χ3v) is 5.10. The van der Waals surface area contributed by atoms with Crippen molar-refractivity contribution < 1.29 is 23.8 Å². The topological polar surface area (TPSA) is 89.2 Å². The molecule has 1 atom stereocenters. The van der Waals surface area contributed by atoms with Crippen molar-refractivity contribution >= 4 is 16.9 Å². The normalized spacial score (nSPS) is 15.5. The lowest BCUT2D eigenvalue weighted by molar-refractivity contribution is 0.0691. The smallest absolute Gasteiger partial charge is 0.290 e. The van der Waals surface area contributed by atoms with E-state index < -0.39 is 11.9 Å². The van der Waals surface area contributed by atoms with Gasteiger partial charge in [-0.15, -0.1) is 0 Å². The largest absolute Gasteiger partial charge is 0.490 e. The maximum Gasteiger partial charge on any atom is 0.290 e. The van der Waals surface area contributed by atoms with Gasteiger partial charge in [0.05, 0.1) is 36.8 Å². The Balaban J connectivity index is 1.93. The molecule has 1 amide bonds. The van der Waals surface area contributed by atoms with Gasteiger partial charge in [0.2, 0.25) is 5.76 Å². The summed E-state index contributed by atoms with van der Waals surface area (Å²) in [6.45, 7) is 4.51. The molecule has 1 aliphatic heterocycles. The number of hydrogen-bond acceptors (Lipinski definition) is 6. The first kappa shape index (κ1) is 20.0. The Bertz CT molecular complexity index is 1150. The zero-order chi connectivity index (χ0) is 21.3. The predicted octanol–water partition coefficient (Wildman–Crippen LogP) is 3.13. The van der Waals surface area contributed by atoms with E-state index in [1.807, 2.05) is 13.8 Å². The van der Waals surface area contributed by atoms with E-state index in [4.69, 9.17) is 13.9 Å². The van der Waals surface area contributed by atoms with Gasteiger partial charge in [-0.3, -0.25) is 9.59 Å². The molecule has 1 aliphatic rings. The Labute approximate surface area is 173 Å². The highest BCUT2D eigenvalue weighted by Crippen LogP contribution is 2.40. The third kappa shape index (κ3) is 3.21. The zero-order valence-electron chi connectivity index (χ0n) is 16.9. The lowest BCUT2D eigenvalue weighted by Crippen LogP contribution is -2.32. The molecule has 0 bridgehead atoms. The monoisotopic (exact) mass is 409 g/mol. The van der Waals surface area contributed by atoms with Crippen LogP contribution in [0.25, 0.3) is 11.0 Å². The van der Waals surface area contributed by atoms with Gasteiger partial charge in [0.1, 0.15) is 5.58 Å². The second-order valence-electron chi connectivity index (χ2n) is 6.87. The van der Waals surface area contributed by atoms with Gasteiger partial charge in [0.25, 0.3) is 5.91 Å². The Morgan fingerprint density at radius 2 is 1.77 bits per heavy atom. The van der Waals surface area contributed by atoms with E-state index in [1.165, 1.54) is 4.90 Å². The van der Waals surface area contributed by atoms with Crippen molar-refractivity contribution in [1.29, 1.82) is 0 Å². The number of ether oxygens (including phenoxy) is 2. The molecule has 3 aromatic rings. The molecular formula is C23H23NO6. The van der Waals surface area contributed by atoms with Gasteiger partial charge in [-0.05, 0) is 43.7 Å². The lowest BCUT2D eigenvalue weighted by Gasteiger charge is -2.25. The van der Waals surface area contributed by atoms with Gasteiger partial charge in [0.15, 0.2) is 16.9 Å². The summed E-state index contributed by atoms with van der Waals surface area (Å²) in [6.07, 6.45) is 0. The number of fused-ring (bicyclic) bond motifs is 2. The number of rotatable bonds is 7. The van der Waals surface area contributed by atoms with Crippen LogP contribution in [0.2, 0.25) is 0 Å². The SMILES string of the molecule is CCOc1ccc(C2c3c(oc4ccccc4c3=O)C(=O)N2CCO)cc1OCC. The first-order chi connectivity index (χ1) is 14.6. The van der Waals surface area contributed by atoms with Gasteiger partial charge in [-0.1, -0.05) is 18.2 Å². The number of carbonyl (C=O) groups is 1. The summed E-state index contributed by atoms with van der Waals surface area (Å²) in [5, 5.41) is 9.97. The molecule has 30 heavy (non-hydrogen) atoms. The maximum absolute atomic E-state index is 13.3. The van der Waals surface area contributed by atoms with Gasteiger partial charge in [-0.2, -0.15) is 0 Å². The van der Waals surface area contributed by atoms with Crippen molar-refractivity contribution in [2.45, 2.75) is 19.9 Å². The molecule has 0 saturated carbocycles. The Kier molecular flexibility index (Phi) is 5.46. The van der Waals surface area contributed by atoms with E-state index in [2.05, 4.69) is 0 Å². The predicted molar refractivity (Wildman–Crippen MR) is 111 cm³/mol. The zero-order valence-corrected chi connectivity index (χ0v) is 16.9.